The second-order valence-electron chi connectivity index (χ2n) is 3.45. The van der Waals surface area contributed by atoms with Crippen molar-refractivity contribution in [2.24, 2.45) is 0 Å². The number of piperidine rings is 1. The van der Waals surface area contributed by atoms with Crippen LogP contribution in [0.5, 0.6) is 0 Å². The number of hydrogen-bond acceptors (Lipinski definition) is 2. The molecule has 3 nitrogen and oxygen atoms in total. The number of carbonyl (C=O) groups excluding carboxylic acids is 1. The highest BCUT2D eigenvalue weighted by Crippen LogP contribution is 2.11. The molecule has 1 heterocycles. The zero-order valence-corrected chi connectivity index (χ0v) is 7.96. The number of nitriles is 1. The molecule has 72 valence electrons. The highest BCUT2D eigenvalue weighted by atomic mass is 16.2. The lowest BCUT2D eigenvalue weighted by molar-refractivity contribution is -0.133. The second-order valence-corrected chi connectivity index (χ2v) is 3.45. The molecule has 0 bridgehead atoms. The fourth-order valence-corrected chi connectivity index (χ4v) is 1.60. The first-order valence-corrected chi connectivity index (χ1v) is 4.99. The van der Waals surface area contributed by atoms with Gasteiger partial charge in [0, 0.05) is 25.9 Å². The van der Waals surface area contributed by atoms with Crippen molar-refractivity contribution in [1.82, 2.24) is 4.90 Å². The summed E-state index contributed by atoms with van der Waals surface area (Å²) in [5.74, 6) is 0.295. The zero-order valence-electron chi connectivity index (χ0n) is 7.96. The van der Waals surface area contributed by atoms with Gasteiger partial charge >= 0.3 is 0 Å². The summed E-state index contributed by atoms with van der Waals surface area (Å²) in [4.78, 5) is 13.3. The van der Waals surface area contributed by atoms with Crippen LogP contribution < -0.4 is 0 Å². The Hall–Kier alpha value is -1.04. The third kappa shape index (κ3) is 3.45. The average molecular weight is 180 g/mol. The molecule has 1 saturated heterocycles. The van der Waals surface area contributed by atoms with Crippen molar-refractivity contribution in [3.63, 3.8) is 0 Å². The van der Waals surface area contributed by atoms with Crippen molar-refractivity contribution in [3.8, 4) is 6.07 Å². The summed E-state index contributed by atoms with van der Waals surface area (Å²) in [5.41, 5.74) is 0. The van der Waals surface area contributed by atoms with Gasteiger partial charge in [-0.15, -0.1) is 0 Å². The quantitative estimate of drug-likeness (QED) is 0.618. The highest BCUT2D eigenvalue weighted by molar-refractivity contribution is 5.76. The van der Waals surface area contributed by atoms with Crippen LogP contribution in [0.2, 0.25) is 0 Å². The van der Waals surface area contributed by atoms with E-state index in [0.29, 0.717) is 12.3 Å². The Morgan fingerprint density at radius 2 is 2.23 bits per heavy atom. The molecular formula is C10H16N2O. The molecule has 0 spiro atoms. The second kappa shape index (κ2) is 5.58. The van der Waals surface area contributed by atoms with Crippen molar-refractivity contribution < 1.29 is 4.79 Å². The molecule has 0 N–H and O–H groups in total. The van der Waals surface area contributed by atoms with Crippen molar-refractivity contribution in [3.05, 3.63) is 0 Å². The molecule has 0 unspecified atom stereocenters. The number of hydrogen-bond donors (Lipinski definition) is 0. The van der Waals surface area contributed by atoms with Crippen LogP contribution in [0.3, 0.4) is 0 Å². The molecule has 3 heteroatoms. The van der Waals surface area contributed by atoms with E-state index < -0.39 is 0 Å². The van der Waals surface area contributed by atoms with E-state index in [1.807, 2.05) is 4.90 Å². The number of unbranched alkanes of at least 4 members (excludes halogenated alkanes) is 2. The van der Waals surface area contributed by atoms with Crippen LogP contribution >= 0.6 is 0 Å². The SMILES string of the molecule is N#CCCCCN1CCCCC1=O. The minimum atomic E-state index is 0.295. The van der Waals surface area contributed by atoms with Crippen molar-refractivity contribution in [1.29, 1.82) is 5.26 Å². The topological polar surface area (TPSA) is 44.1 Å². The van der Waals surface area contributed by atoms with Crippen molar-refractivity contribution in [2.75, 3.05) is 13.1 Å². The number of rotatable bonds is 4. The van der Waals surface area contributed by atoms with Gasteiger partial charge in [0.05, 0.1) is 6.07 Å². The number of nitrogens with zero attached hydrogens (tertiary/aromatic N) is 2. The van der Waals surface area contributed by atoms with E-state index in [1.54, 1.807) is 0 Å². The van der Waals surface area contributed by atoms with Gasteiger partial charge in [0.15, 0.2) is 0 Å². The summed E-state index contributed by atoms with van der Waals surface area (Å²) in [6.07, 6.45) is 5.41. The summed E-state index contributed by atoms with van der Waals surface area (Å²) < 4.78 is 0. The van der Waals surface area contributed by atoms with Gasteiger partial charge in [-0.3, -0.25) is 4.79 Å². The maximum absolute atomic E-state index is 11.3. The maximum Gasteiger partial charge on any atom is 0.222 e. The van der Waals surface area contributed by atoms with Crippen LogP contribution in [-0.4, -0.2) is 23.9 Å². The van der Waals surface area contributed by atoms with Crippen LogP contribution in [0.1, 0.15) is 38.5 Å². The minimum Gasteiger partial charge on any atom is -0.343 e. The molecule has 1 fully saturated rings. The van der Waals surface area contributed by atoms with Crippen LogP contribution in [-0.2, 0) is 4.79 Å². The average Bonchev–Trinajstić information content (AvgIpc) is 2.15. The number of carbonyl (C=O) groups is 1. The lowest BCUT2D eigenvalue weighted by Crippen LogP contribution is -2.35. The van der Waals surface area contributed by atoms with Gasteiger partial charge in [-0.2, -0.15) is 5.26 Å². The molecule has 0 aromatic carbocycles. The molecule has 0 radical (unpaired) electrons. The van der Waals surface area contributed by atoms with E-state index in [0.717, 1.165) is 45.2 Å². The van der Waals surface area contributed by atoms with Gasteiger partial charge in [-0.1, -0.05) is 0 Å². The van der Waals surface area contributed by atoms with Gasteiger partial charge in [-0.25, -0.2) is 0 Å². The third-order valence-electron chi connectivity index (χ3n) is 2.39. The molecule has 1 rings (SSSR count). The minimum absolute atomic E-state index is 0.295. The van der Waals surface area contributed by atoms with E-state index in [2.05, 4.69) is 6.07 Å². The monoisotopic (exact) mass is 180 g/mol. The Kier molecular flexibility index (Phi) is 4.31. The van der Waals surface area contributed by atoms with E-state index >= 15 is 0 Å². The molecule has 0 atom stereocenters. The van der Waals surface area contributed by atoms with Gasteiger partial charge in [0.2, 0.25) is 5.91 Å². The predicted octanol–water partition coefficient (Wildman–Crippen LogP) is 1.69. The smallest absolute Gasteiger partial charge is 0.222 e. The molecule has 0 aliphatic carbocycles. The molecular weight excluding hydrogens is 164 g/mol. The normalized spacial score (nSPS) is 17.2. The van der Waals surface area contributed by atoms with Crippen LogP contribution in [0.25, 0.3) is 0 Å². The van der Waals surface area contributed by atoms with Gasteiger partial charge in [0.1, 0.15) is 0 Å². The van der Waals surface area contributed by atoms with Gasteiger partial charge in [-0.05, 0) is 25.7 Å². The number of amides is 1. The highest BCUT2D eigenvalue weighted by Gasteiger charge is 2.16. The molecule has 0 saturated carbocycles. The zero-order chi connectivity index (χ0) is 9.52. The summed E-state index contributed by atoms with van der Waals surface area (Å²) in [6.45, 7) is 1.77. The molecule has 1 aliphatic rings. The predicted molar refractivity (Wildman–Crippen MR) is 49.9 cm³/mol. The van der Waals surface area contributed by atoms with E-state index in [1.165, 1.54) is 0 Å². The Bertz CT molecular complexity index is 207. The molecule has 13 heavy (non-hydrogen) atoms. The van der Waals surface area contributed by atoms with Gasteiger partial charge in [0.25, 0.3) is 0 Å². The maximum atomic E-state index is 11.3. The Balaban J connectivity index is 2.12. The van der Waals surface area contributed by atoms with E-state index in [4.69, 9.17) is 5.26 Å². The standard InChI is InChI=1S/C10H16N2O/c11-7-3-1-4-8-12-9-5-2-6-10(12)13/h1-6,8-9H2. The first-order valence-electron chi connectivity index (χ1n) is 4.99. The van der Waals surface area contributed by atoms with E-state index in [9.17, 15) is 4.79 Å². The lowest BCUT2D eigenvalue weighted by atomic mass is 10.1. The first-order chi connectivity index (χ1) is 6.34. The van der Waals surface area contributed by atoms with Crippen LogP contribution in [0, 0.1) is 11.3 Å². The molecule has 1 aliphatic heterocycles. The largest absolute Gasteiger partial charge is 0.343 e. The van der Waals surface area contributed by atoms with Crippen LogP contribution in [0.15, 0.2) is 0 Å². The first kappa shape index (κ1) is 10.0. The Morgan fingerprint density at radius 1 is 1.38 bits per heavy atom. The molecule has 1 amide bonds. The molecule has 0 aromatic heterocycles. The van der Waals surface area contributed by atoms with Crippen molar-refractivity contribution >= 4 is 5.91 Å². The summed E-state index contributed by atoms with van der Waals surface area (Å²) in [6, 6.07) is 2.11. The summed E-state index contributed by atoms with van der Waals surface area (Å²) in [5, 5.41) is 8.32. The molecule has 0 aromatic rings. The fourth-order valence-electron chi connectivity index (χ4n) is 1.60. The van der Waals surface area contributed by atoms with Crippen LogP contribution in [0.4, 0.5) is 0 Å². The third-order valence-corrected chi connectivity index (χ3v) is 2.39. The fraction of sp³-hybridized carbons (Fsp3) is 0.800. The Morgan fingerprint density at radius 3 is 2.92 bits per heavy atom. The van der Waals surface area contributed by atoms with Gasteiger partial charge < -0.3 is 4.90 Å². The van der Waals surface area contributed by atoms with Crippen molar-refractivity contribution in [2.45, 2.75) is 38.5 Å². The Labute approximate surface area is 79.3 Å². The lowest BCUT2D eigenvalue weighted by Gasteiger charge is -2.26. The summed E-state index contributed by atoms with van der Waals surface area (Å²) in [7, 11) is 0. The number of likely N-dealkylation sites (tertiary alicyclic amines) is 1. The van der Waals surface area contributed by atoms with E-state index in [-0.39, 0.29) is 0 Å². The summed E-state index contributed by atoms with van der Waals surface area (Å²) >= 11 is 0.